The van der Waals surface area contributed by atoms with Gasteiger partial charge in [-0.15, -0.1) is 12.3 Å². The van der Waals surface area contributed by atoms with Gasteiger partial charge in [0.05, 0.1) is 77.0 Å². The highest BCUT2D eigenvalue weighted by Gasteiger charge is 2.43. The second kappa shape index (κ2) is 39.3. The van der Waals surface area contributed by atoms with Gasteiger partial charge in [-0.3, -0.25) is 24.0 Å². The van der Waals surface area contributed by atoms with Crippen LogP contribution in [0.15, 0.2) is 18.2 Å². The predicted molar refractivity (Wildman–Crippen MR) is 305 cm³/mol. The fourth-order valence-electron chi connectivity index (χ4n) is 9.87. The van der Waals surface area contributed by atoms with E-state index in [1.54, 1.807) is 18.2 Å². The summed E-state index contributed by atoms with van der Waals surface area (Å²) in [6.07, 6.45) is 21.2. The van der Waals surface area contributed by atoms with Crippen LogP contribution in [0.3, 0.4) is 0 Å². The minimum Gasteiger partial charge on any atom is -0.379 e. The number of hydrogen-bond donors (Lipinski definition) is 5. The summed E-state index contributed by atoms with van der Waals surface area (Å²) in [6.45, 7) is 5.71. The van der Waals surface area contributed by atoms with Crippen LogP contribution in [0, 0.1) is 12.3 Å². The van der Waals surface area contributed by atoms with Crippen molar-refractivity contribution in [1.29, 1.82) is 0 Å². The summed E-state index contributed by atoms with van der Waals surface area (Å²) >= 11 is 3.82. The average molecular weight is 1130 g/mol. The van der Waals surface area contributed by atoms with Crippen molar-refractivity contribution in [2.45, 2.75) is 182 Å². The molecule has 1 aromatic rings. The van der Waals surface area contributed by atoms with Crippen molar-refractivity contribution in [3.63, 3.8) is 0 Å². The van der Waals surface area contributed by atoms with Gasteiger partial charge in [0.25, 0.3) is 0 Å². The number of fused-ring (bicyclic) bond motifs is 2. The van der Waals surface area contributed by atoms with E-state index in [9.17, 15) is 33.6 Å². The second-order valence-electron chi connectivity index (χ2n) is 20.6. The van der Waals surface area contributed by atoms with Gasteiger partial charge in [0.1, 0.15) is 11.6 Å². The van der Waals surface area contributed by atoms with E-state index >= 15 is 0 Å². The Bertz CT molecular complexity index is 1920. The fraction of sp³-hybridized carbons (Fsp3) is 0.741. The number of thioether (sulfide) groups is 2. The van der Waals surface area contributed by atoms with Gasteiger partial charge in [-0.2, -0.15) is 23.5 Å². The molecule has 6 atom stereocenters. The van der Waals surface area contributed by atoms with Crippen LogP contribution in [-0.4, -0.2) is 167 Å². The molecule has 1 aromatic carbocycles. The largest absolute Gasteiger partial charge is 0.379 e. The van der Waals surface area contributed by atoms with E-state index in [-0.39, 0.29) is 73.0 Å². The van der Waals surface area contributed by atoms with Gasteiger partial charge in [0.15, 0.2) is 11.6 Å². The number of benzene rings is 1. The van der Waals surface area contributed by atoms with Gasteiger partial charge >= 0.3 is 12.1 Å². The van der Waals surface area contributed by atoms with E-state index in [2.05, 4.69) is 32.5 Å². The van der Waals surface area contributed by atoms with Gasteiger partial charge in [-0.1, -0.05) is 12.8 Å². The van der Waals surface area contributed by atoms with E-state index in [0.717, 1.165) is 75.7 Å². The van der Waals surface area contributed by atoms with Crippen LogP contribution >= 0.6 is 23.5 Å². The maximum atomic E-state index is 13.3. The monoisotopic (exact) mass is 1130 g/mol. The third-order valence-electron chi connectivity index (χ3n) is 14.2. The molecule has 5 rings (SSSR count). The molecular formula is C58H89N5O13S2. The highest BCUT2D eigenvalue weighted by atomic mass is 32.2. The summed E-state index contributed by atoms with van der Waals surface area (Å²) in [6, 6.07) is 5.66. The number of carbonyl (C=O) groups is 7. The van der Waals surface area contributed by atoms with E-state index in [1.807, 2.05) is 23.5 Å². The molecule has 0 spiro atoms. The van der Waals surface area contributed by atoms with E-state index in [4.69, 9.17) is 34.8 Å². The lowest BCUT2D eigenvalue weighted by atomic mass is 9.98. The molecule has 4 aliphatic rings. The van der Waals surface area contributed by atoms with Crippen molar-refractivity contribution in [2.24, 2.45) is 0 Å². The number of ether oxygens (including phenoxy) is 6. The van der Waals surface area contributed by atoms with E-state index < -0.39 is 0 Å². The minimum absolute atomic E-state index is 0.0627. The van der Waals surface area contributed by atoms with Crippen LogP contribution in [0.2, 0.25) is 0 Å². The zero-order valence-corrected chi connectivity index (χ0v) is 47.7. The number of unbranched alkanes of at least 4 members (excludes halogenated alkanes) is 7. The number of anilines is 1. The summed E-state index contributed by atoms with van der Waals surface area (Å²) in [5, 5.41) is 15.7. The highest BCUT2D eigenvalue weighted by molar-refractivity contribution is 8.00. The Labute approximate surface area is 471 Å². The highest BCUT2D eigenvalue weighted by Crippen LogP contribution is 2.34. The molecule has 0 aliphatic carbocycles. The molecular weight excluding hydrogens is 1040 g/mol. The molecule has 4 aliphatic heterocycles. The van der Waals surface area contributed by atoms with Gasteiger partial charge in [-0.25, -0.2) is 9.59 Å². The number of urea groups is 2. The number of carbonyl (C=O) groups excluding carboxylic acids is 7. The summed E-state index contributed by atoms with van der Waals surface area (Å²) in [4.78, 5) is 87.1. The lowest BCUT2D eigenvalue weighted by Gasteiger charge is -2.16. The summed E-state index contributed by atoms with van der Waals surface area (Å²) < 4.78 is 34.0. The number of terminal acetylenes is 1. The van der Waals surface area contributed by atoms with Gasteiger partial charge < -0.3 is 55.0 Å². The third-order valence-corrected chi connectivity index (χ3v) is 17.2. The van der Waals surface area contributed by atoms with E-state index in [0.29, 0.717) is 182 Å². The molecule has 0 bridgehead atoms. The Morgan fingerprint density at radius 3 is 1.24 bits per heavy atom. The first kappa shape index (κ1) is 64.7. The first-order chi connectivity index (χ1) is 38.1. The standard InChI is InChI=1S/C58H89N5O13S2/c1-2-3-4-25-54(68)59-45-39-43(50(66)21-11-15-28-73-32-36-75-34-30-71-26-13-9-19-46(64)17-5-7-23-52-55-48(41-77-52)60-57(69)62-55)38-44(40-45)51(67)22-12-16-29-74-33-37-76-35-31-72-27-14-10-20-47(65)18-6-8-24-53-56-49(42-78-53)61-58(70)63-56/h1,38-40,48-49,52-53,55-56H,3-37,41-42H2,(H,59,68)(H2,60,62,69)(H2,61,63,70). The maximum absolute atomic E-state index is 13.3. The summed E-state index contributed by atoms with van der Waals surface area (Å²) in [7, 11) is 0. The van der Waals surface area contributed by atoms with Crippen molar-refractivity contribution in [2.75, 3.05) is 96.1 Å². The fourth-order valence-corrected chi connectivity index (χ4v) is 13.0. The topological polar surface area (TPSA) is 235 Å². The lowest BCUT2D eigenvalue weighted by molar-refractivity contribution is -0.120. The molecule has 4 fully saturated rings. The molecule has 6 unspecified atom stereocenters. The van der Waals surface area contributed by atoms with Crippen LogP contribution in [0.25, 0.3) is 0 Å². The molecule has 0 aromatic heterocycles. The van der Waals surface area contributed by atoms with E-state index in [1.165, 1.54) is 0 Å². The minimum atomic E-state index is -0.233. The van der Waals surface area contributed by atoms with Crippen molar-refractivity contribution < 1.29 is 62.0 Å². The van der Waals surface area contributed by atoms with Gasteiger partial charge in [-0.05, 0) is 102 Å². The zero-order valence-electron chi connectivity index (χ0n) is 46.1. The molecule has 5 amide bonds. The van der Waals surface area contributed by atoms with Crippen molar-refractivity contribution >= 4 is 70.3 Å². The van der Waals surface area contributed by atoms with Crippen LogP contribution in [0.1, 0.15) is 168 Å². The number of ketones is 4. The Kier molecular flexibility index (Phi) is 32.7. The molecule has 0 radical (unpaired) electrons. The third kappa shape index (κ3) is 26.5. The predicted octanol–water partition coefficient (Wildman–Crippen LogP) is 8.16. The Morgan fingerprint density at radius 1 is 0.474 bits per heavy atom. The molecule has 0 saturated carbocycles. The number of Topliss-reactive ketones (excluding diaryl/α,β-unsaturated/α-hetero) is 4. The molecule has 78 heavy (non-hydrogen) atoms. The molecule has 436 valence electrons. The Balaban J connectivity index is 0.809. The van der Waals surface area contributed by atoms with Crippen molar-refractivity contribution in [1.82, 2.24) is 21.3 Å². The van der Waals surface area contributed by atoms with Gasteiger partial charge in [0.2, 0.25) is 5.91 Å². The first-order valence-corrected chi connectivity index (χ1v) is 31.0. The summed E-state index contributed by atoms with van der Waals surface area (Å²) in [5.41, 5.74) is 1.16. The smallest absolute Gasteiger partial charge is 0.315 e. The Morgan fingerprint density at radius 2 is 0.846 bits per heavy atom. The number of hydrogen-bond acceptors (Lipinski definition) is 15. The maximum Gasteiger partial charge on any atom is 0.315 e. The SMILES string of the molecule is C#CCCCC(=O)Nc1cc(C(=O)CCCCOCCOCCOCCCCC(=O)CCCCC2SCC3NC(=O)NC32)cc(C(=O)CCCCOCCOCCOCCCCC(=O)CCCCC2SCC3NC(=O)NC32)c1. The lowest BCUT2D eigenvalue weighted by Crippen LogP contribution is -2.36. The average Bonchev–Trinajstić information content (AvgIpc) is 4.27. The quantitative estimate of drug-likeness (QED) is 0.0179. The van der Waals surface area contributed by atoms with Crippen LogP contribution in [0.5, 0.6) is 0 Å². The zero-order chi connectivity index (χ0) is 55.4. The van der Waals surface area contributed by atoms with Crippen LogP contribution in [0.4, 0.5) is 15.3 Å². The molecule has 20 heteroatoms. The van der Waals surface area contributed by atoms with Gasteiger partial charge in [0, 0.05) is 117 Å². The molecule has 5 N–H and O–H groups in total. The first-order valence-electron chi connectivity index (χ1n) is 28.9. The van der Waals surface area contributed by atoms with Crippen LogP contribution < -0.4 is 26.6 Å². The second-order valence-corrected chi connectivity index (χ2v) is 23.1. The van der Waals surface area contributed by atoms with Crippen molar-refractivity contribution in [3.8, 4) is 12.3 Å². The molecule has 4 heterocycles. The van der Waals surface area contributed by atoms with Crippen molar-refractivity contribution in [3.05, 3.63) is 29.3 Å². The number of amides is 5. The normalized spacial score (nSPS) is 20.1. The number of rotatable bonds is 48. The van der Waals surface area contributed by atoms with Crippen LogP contribution in [-0.2, 0) is 42.8 Å². The summed E-state index contributed by atoms with van der Waals surface area (Å²) in [5.74, 6) is 4.58. The molecule has 4 saturated heterocycles. The number of nitrogens with one attached hydrogen (secondary N) is 5. The molecule has 18 nitrogen and oxygen atoms in total. The Hall–Kier alpha value is -4.07.